The van der Waals surface area contributed by atoms with Crippen LogP contribution in [0.5, 0.6) is 0 Å². The molecule has 0 aromatic heterocycles. The van der Waals surface area contributed by atoms with Crippen molar-refractivity contribution < 1.29 is 17.9 Å². The summed E-state index contributed by atoms with van der Waals surface area (Å²) in [5.41, 5.74) is 0.557. The molecule has 0 spiro atoms. The van der Waals surface area contributed by atoms with Crippen LogP contribution < -0.4 is 5.32 Å². The second-order valence-electron chi connectivity index (χ2n) is 5.40. The highest BCUT2D eigenvalue weighted by molar-refractivity contribution is 5.19. The first-order valence-corrected chi connectivity index (χ1v) is 6.42. The molecule has 106 valence electrons. The molecule has 0 unspecified atom stereocenters. The standard InChI is InChI=1S/C14H18F3NO/c1-14(2-4-19-5-3-14)9-18-8-10-6-11(15)13(17)12(16)7-10/h6-7,18H,2-5,8-9H2,1H3. The minimum atomic E-state index is -1.42. The van der Waals surface area contributed by atoms with Crippen LogP contribution in [0.15, 0.2) is 12.1 Å². The van der Waals surface area contributed by atoms with Crippen molar-refractivity contribution in [1.29, 1.82) is 0 Å². The third-order valence-electron chi connectivity index (χ3n) is 3.62. The lowest BCUT2D eigenvalue weighted by Gasteiger charge is -2.33. The predicted molar refractivity (Wildman–Crippen MR) is 66.2 cm³/mol. The summed E-state index contributed by atoms with van der Waals surface area (Å²) in [6.07, 6.45) is 1.93. The Morgan fingerprint density at radius 2 is 1.74 bits per heavy atom. The fourth-order valence-electron chi connectivity index (χ4n) is 2.26. The molecule has 2 rings (SSSR count). The van der Waals surface area contributed by atoms with Crippen LogP contribution in [0.3, 0.4) is 0 Å². The molecule has 1 fully saturated rings. The topological polar surface area (TPSA) is 21.3 Å². The van der Waals surface area contributed by atoms with E-state index in [2.05, 4.69) is 12.2 Å². The molecule has 1 aliphatic rings. The fourth-order valence-corrected chi connectivity index (χ4v) is 2.26. The first kappa shape index (κ1) is 14.3. The van der Waals surface area contributed by atoms with Crippen molar-refractivity contribution in [3.8, 4) is 0 Å². The SMILES string of the molecule is CC1(CNCc2cc(F)c(F)c(F)c2)CCOCC1. The summed E-state index contributed by atoms with van der Waals surface area (Å²) < 4.78 is 44.2. The smallest absolute Gasteiger partial charge is 0.194 e. The predicted octanol–water partition coefficient (Wildman–Crippen LogP) is 3.01. The summed E-state index contributed by atoms with van der Waals surface area (Å²) in [5.74, 6) is -3.71. The molecule has 0 aliphatic carbocycles. The van der Waals surface area contributed by atoms with E-state index in [4.69, 9.17) is 4.74 Å². The van der Waals surface area contributed by atoms with E-state index in [1.54, 1.807) is 0 Å². The quantitative estimate of drug-likeness (QED) is 0.851. The molecular formula is C14H18F3NO. The summed E-state index contributed by atoms with van der Waals surface area (Å²) in [6.45, 7) is 4.73. The molecule has 1 aliphatic heterocycles. The van der Waals surface area contributed by atoms with Crippen LogP contribution in [0.4, 0.5) is 13.2 Å². The van der Waals surface area contributed by atoms with E-state index < -0.39 is 17.5 Å². The van der Waals surface area contributed by atoms with Crippen molar-refractivity contribution in [2.75, 3.05) is 19.8 Å². The molecule has 1 heterocycles. The number of ether oxygens (including phenoxy) is 1. The van der Waals surface area contributed by atoms with Crippen molar-refractivity contribution in [2.24, 2.45) is 5.41 Å². The van der Waals surface area contributed by atoms with E-state index in [1.807, 2.05) is 0 Å². The maximum atomic E-state index is 13.0. The van der Waals surface area contributed by atoms with Crippen molar-refractivity contribution in [3.63, 3.8) is 0 Å². The maximum absolute atomic E-state index is 13.0. The van der Waals surface area contributed by atoms with Crippen molar-refractivity contribution in [3.05, 3.63) is 35.1 Å². The number of benzene rings is 1. The molecule has 1 aromatic carbocycles. The van der Waals surface area contributed by atoms with Gasteiger partial charge in [-0.05, 0) is 36.0 Å². The van der Waals surface area contributed by atoms with Crippen LogP contribution in [0.2, 0.25) is 0 Å². The van der Waals surface area contributed by atoms with Crippen LogP contribution >= 0.6 is 0 Å². The number of hydrogen-bond acceptors (Lipinski definition) is 2. The zero-order chi connectivity index (χ0) is 13.9. The molecule has 2 nitrogen and oxygen atoms in total. The first-order valence-electron chi connectivity index (χ1n) is 6.42. The molecule has 0 amide bonds. The van der Waals surface area contributed by atoms with Gasteiger partial charge in [0.25, 0.3) is 0 Å². The molecule has 1 saturated heterocycles. The lowest BCUT2D eigenvalue weighted by atomic mass is 9.82. The zero-order valence-electron chi connectivity index (χ0n) is 10.9. The fraction of sp³-hybridized carbons (Fsp3) is 0.571. The Hall–Kier alpha value is -1.07. The Kier molecular flexibility index (Phi) is 4.47. The van der Waals surface area contributed by atoms with Crippen LogP contribution in [0.1, 0.15) is 25.3 Å². The molecule has 1 N–H and O–H groups in total. The zero-order valence-corrected chi connectivity index (χ0v) is 10.9. The van der Waals surface area contributed by atoms with E-state index >= 15 is 0 Å². The highest BCUT2D eigenvalue weighted by Crippen LogP contribution is 2.28. The molecular weight excluding hydrogens is 255 g/mol. The van der Waals surface area contributed by atoms with Crippen molar-refractivity contribution >= 4 is 0 Å². The average molecular weight is 273 g/mol. The van der Waals surface area contributed by atoms with E-state index in [-0.39, 0.29) is 5.41 Å². The largest absolute Gasteiger partial charge is 0.381 e. The van der Waals surface area contributed by atoms with E-state index in [1.165, 1.54) is 0 Å². The number of nitrogens with one attached hydrogen (secondary N) is 1. The highest BCUT2D eigenvalue weighted by Gasteiger charge is 2.26. The third-order valence-corrected chi connectivity index (χ3v) is 3.62. The molecule has 19 heavy (non-hydrogen) atoms. The summed E-state index contributed by atoms with van der Waals surface area (Å²) in [4.78, 5) is 0. The summed E-state index contributed by atoms with van der Waals surface area (Å²) in [6, 6.07) is 2.05. The van der Waals surface area contributed by atoms with Gasteiger partial charge in [-0.25, -0.2) is 13.2 Å². The number of hydrogen-bond donors (Lipinski definition) is 1. The maximum Gasteiger partial charge on any atom is 0.194 e. The highest BCUT2D eigenvalue weighted by atomic mass is 19.2. The van der Waals surface area contributed by atoms with Crippen LogP contribution in [-0.4, -0.2) is 19.8 Å². The van der Waals surface area contributed by atoms with Crippen LogP contribution in [0.25, 0.3) is 0 Å². The van der Waals surface area contributed by atoms with Gasteiger partial charge >= 0.3 is 0 Å². The van der Waals surface area contributed by atoms with E-state index in [0.717, 1.165) is 44.7 Å². The Bertz CT molecular complexity index is 421. The Morgan fingerprint density at radius 1 is 1.16 bits per heavy atom. The van der Waals surface area contributed by atoms with Crippen LogP contribution in [-0.2, 0) is 11.3 Å². The monoisotopic (exact) mass is 273 g/mol. The average Bonchev–Trinajstić information content (AvgIpc) is 2.36. The molecule has 5 heteroatoms. The lowest BCUT2D eigenvalue weighted by molar-refractivity contribution is 0.0240. The first-order chi connectivity index (χ1) is 9.00. The van der Waals surface area contributed by atoms with Crippen molar-refractivity contribution in [1.82, 2.24) is 5.32 Å². The molecule has 0 saturated carbocycles. The van der Waals surface area contributed by atoms with Gasteiger partial charge in [-0.3, -0.25) is 0 Å². The molecule has 1 aromatic rings. The second-order valence-corrected chi connectivity index (χ2v) is 5.40. The summed E-state index contributed by atoms with van der Waals surface area (Å²) >= 11 is 0. The van der Waals surface area contributed by atoms with Crippen molar-refractivity contribution in [2.45, 2.75) is 26.3 Å². The van der Waals surface area contributed by atoms with E-state index in [9.17, 15) is 13.2 Å². The van der Waals surface area contributed by atoms with Gasteiger partial charge in [0.1, 0.15) is 0 Å². The van der Waals surface area contributed by atoms with Gasteiger partial charge in [-0.2, -0.15) is 0 Å². The molecule has 0 radical (unpaired) electrons. The normalized spacial score (nSPS) is 18.5. The molecule has 0 bridgehead atoms. The minimum Gasteiger partial charge on any atom is -0.381 e. The second kappa shape index (κ2) is 5.92. The van der Waals surface area contributed by atoms with Gasteiger partial charge in [0.05, 0.1) is 0 Å². The third kappa shape index (κ3) is 3.70. The van der Waals surface area contributed by atoms with Crippen LogP contribution in [0, 0.1) is 22.9 Å². The summed E-state index contributed by atoms with van der Waals surface area (Å²) in [5, 5.41) is 3.17. The summed E-state index contributed by atoms with van der Waals surface area (Å²) in [7, 11) is 0. The van der Waals surface area contributed by atoms with E-state index in [0.29, 0.717) is 12.1 Å². The van der Waals surface area contributed by atoms with Gasteiger partial charge < -0.3 is 10.1 Å². The Balaban J connectivity index is 1.89. The van der Waals surface area contributed by atoms with Gasteiger partial charge in [0.2, 0.25) is 0 Å². The minimum absolute atomic E-state index is 0.148. The Labute approximate surface area is 111 Å². The van der Waals surface area contributed by atoms with Gasteiger partial charge in [0, 0.05) is 26.3 Å². The lowest BCUT2D eigenvalue weighted by Crippen LogP contribution is -2.36. The Morgan fingerprint density at radius 3 is 2.32 bits per heavy atom. The number of halogens is 3. The number of rotatable bonds is 4. The van der Waals surface area contributed by atoms with Gasteiger partial charge in [-0.1, -0.05) is 6.92 Å². The van der Waals surface area contributed by atoms with Gasteiger partial charge in [-0.15, -0.1) is 0 Å². The molecule has 0 atom stereocenters. The van der Waals surface area contributed by atoms with Gasteiger partial charge in [0.15, 0.2) is 17.5 Å².